The zero-order valence-corrected chi connectivity index (χ0v) is 17.1. The van der Waals surface area contributed by atoms with Crippen molar-refractivity contribution in [3.8, 4) is 5.75 Å². The lowest BCUT2D eigenvalue weighted by Crippen LogP contribution is -2.38. The van der Waals surface area contributed by atoms with Gasteiger partial charge in [0, 0.05) is 57.4 Å². The van der Waals surface area contributed by atoms with Gasteiger partial charge >= 0.3 is 0 Å². The van der Waals surface area contributed by atoms with E-state index in [9.17, 15) is 9.59 Å². The monoisotopic (exact) mass is 408 g/mol. The molecule has 1 N–H and O–H groups in total. The number of aromatic nitrogens is 1. The fourth-order valence-electron chi connectivity index (χ4n) is 3.93. The van der Waals surface area contributed by atoms with Crippen molar-refractivity contribution in [2.75, 3.05) is 32.7 Å². The fourth-order valence-corrected chi connectivity index (χ4v) is 3.93. The molecule has 7 heteroatoms. The van der Waals surface area contributed by atoms with Crippen LogP contribution in [0.1, 0.15) is 35.3 Å². The Bertz CT molecular complexity index is 849. The average molecular weight is 409 g/mol. The molecule has 2 fully saturated rings. The highest BCUT2D eigenvalue weighted by Crippen LogP contribution is 2.21. The molecular formula is C23H28N4O3. The summed E-state index contributed by atoms with van der Waals surface area (Å²) >= 11 is 0. The van der Waals surface area contributed by atoms with E-state index in [-0.39, 0.29) is 17.9 Å². The summed E-state index contributed by atoms with van der Waals surface area (Å²) in [6.07, 6.45) is 4.33. The normalized spacial score (nSPS) is 18.5. The predicted octanol–water partition coefficient (Wildman–Crippen LogP) is 2.09. The van der Waals surface area contributed by atoms with Crippen LogP contribution in [0.4, 0.5) is 0 Å². The van der Waals surface area contributed by atoms with Crippen LogP contribution in [-0.4, -0.2) is 65.4 Å². The number of carbonyl (C=O) groups is 2. The van der Waals surface area contributed by atoms with Gasteiger partial charge in [0.25, 0.3) is 5.91 Å². The SMILES string of the molecule is O=C1CCN(C(=O)c2ccc(OC3CCN(Cc4ccccn4)CC3)cc2)CCN1. The van der Waals surface area contributed by atoms with Crippen LogP contribution in [0.15, 0.2) is 48.7 Å². The Labute approximate surface area is 177 Å². The second kappa shape index (κ2) is 9.71. The highest BCUT2D eigenvalue weighted by Gasteiger charge is 2.22. The summed E-state index contributed by atoms with van der Waals surface area (Å²) in [5.74, 6) is 0.753. The number of piperidine rings is 1. The zero-order valence-electron chi connectivity index (χ0n) is 17.1. The zero-order chi connectivity index (χ0) is 20.8. The summed E-state index contributed by atoms with van der Waals surface area (Å²) < 4.78 is 6.15. The van der Waals surface area contributed by atoms with Gasteiger partial charge in [-0.1, -0.05) is 6.07 Å². The minimum atomic E-state index is -0.0409. The topological polar surface area (TPSA) is 74.8 Å². The van der Waals surface area contributed by atoms with Crippen molar-refractivity contribution in [2.24, 2.45) is 0 Å². The number of ether oxygens (including phenoxy) is 1. The van der Waals surface area contributed by atoms with E-state index < -0.39 is 0 Å². The fraction of sp³-hybridized carbons (Fsp3) is 0.435. The summed E-state index contributed by atoms with van der Waals surface area (Å²) in [5.41, 5.74) is 1.73. The molecule has 2 aromatic rings. The standard InChI is InChI=1S/C23H28N4O3/c28-22-10-15-27(16-12-25-22)23(29)18-4-6-20(7-5-18)30-21-8-13-26(14-9-21)17-19-3-1-2-11-24-19/h1-7,11,21H,8-10,12-17H2,(H,25,28). The molecule has 0 bridgehead atoms. The lowest BCUT2D eigenvalue weighted by atomic mass is 10.1. The van der Waals surface area contributed by atoms with Gasteiger partial charge in [0.1, 0.15) is 11.9 Å². The Balaban J connectivity index is 1.26. The van der Waals surface area contributed by atoms with Gasteiger partial charge in [0.2, 0.25) is 5.91 Å². The maximum absolute atomic E-state index is 12.7. The second-order valence-electron chi connectivity index (χ2n) is 7.83. The Morgan fingerprint density at radius 1 is 1.07 bits per heavy atom. The molecule has 1 aromatic heterocycles. The molecule has 2 saturated heterocycles. The molecule has 0 saturated carbocycles. The highest BCUT2D eigenvalue weighted by atomic mass is 16.5. The minimum Gasteiger partial charge on any atom is -0.490 e. The molecule has 0 spiro atoms. The lowest BCUT2D eigenvalue weighted by molar-refractivity contribution is -0.120. The van der Waals surface area contributed by atoms with Crippen LogP contribution < -0.4 is 10.1 Å². The summed E-state index contributed by atoms with van der Waals surface area (Å²) in [7, 11) is 0. The Kier molecular flexibility index (Phi) is 6.59. The number of hydrogen-bond donors (Lipinski definition) is 1. The van der Waals surface area contributed by atoms with E-state index >= 15 is 0 Å². The quantitative estimate of drug-likeness (QED) is 0.820. The molecule has 2 aliphatic heterocycles. The number of rotatable bonds is 5. The smallest absolute Gasteiger partial charge is 0.253 e. The molecular weight excluding hydrogens is 380 g/mol. The van der Waals surface area contributed by atoms with E-state index in [0.29, 0.717) is 31.6 Å². The summed E-state index contributed by atoms with van der Waals surface area (Å²) in [4.78, 5) is 32.7. The van der Waals surface area contributed by atoms with Crippen LogP contribution in [0.25, 0.3) is 0 Å². The van der Waals surface area contributed by atoms with E-state index in [1.807, 2.05) is 42.6 Å². The first-order valence-electron chi connectivity index (χ1n) is 10.6. The van der Waals surface area contributed by atoms with Gasteiger partial charge in [-0.15, -0.1) is 0 Å². The molecule has 0 unspecified atom stereocenters. The van der Waals surface area contributed by atoms with Crippen molar-refractivity contribution >= 4 is 11.8 Å². The van der Waals surface area contributed by atoms with Crippen molar-refractivity contribution < 1.29 is 14.3 Å². The third-order valence-electron chi connectivity index (χ3n) is 5.65. The van der Waals surface area contributed by atoms with Crippen molar-refractivity contribution in [3.05, 3.63) is 59.9 Å². The molecule has 2 amide bonds. The first-order chi connectivity index (χ1) is 14.7. The van der Waals surface area contributed by atoms with Crippen molar-refractivity contribution in [1.29, 1.82) is 0 Å². The first kappa shape index (κ1) is 20.3. The number of benzene rings is 1. The molecule has 7 nitrogen and oxygen atoms in total. The van der Waals surface area contributed by atoms with Gasteiger partial charge in [0.15, 0.2) is 0 Å². The minimum absolute atomic E-state index is 0.000118. The van der Waals surface area contributed by atoms with Crippen molar-refractivity contribution in [3.63, 3.8) is 0 Å². The summed E-state index contributed by atoms with van der Waals surface area (Å²) in [5, 5.41) is 2.79. The molecule has 4 rings (SSSR count). The Hall–Kier alpha value is -2.93. The number of hydrogen-bond acceptors (Lipinski definition) is 5. The van der Waals surface area contributed by atoms with Crippen LogP contribution in [0.3, 0.4) is 0 Å². The summed E-state index contributed by atoms with van der Waals surface area (Å²) in [6, 6.07) is 13.4. The predicted molar refractivity (Wildman–Crippen MR) is 113 cm³/mol. The van der Waals surface area contributed by atoms with E-state index in [0.717, 1.165) is 43.9 Å². The summed E-state index contributed by atoms with van der Waals surface area (Å²) in [6.45, 7) is 4.35. The van der Waals surface area contributed by atoms with Crippen molar-refractivity contribution in [1.82, 2.24) is 20.1 Å². The number of nitrogens with one attached hydrogen (secondary N) is 1. The van der Waals surface area contributed by atoms with Crippen molar-refractivity contribution in [2.45, 2.75) is 31.9 Å². The Morgan fingerprint density at radius 3 is 2.60 bits per heavy atom. The number of nitrogens with zero attached hydrogens (tertiary/aromatic N) is 3. The largest absolute Gasteiger partial charge is 0.490 e. The molecule has 30 heavy (non-hydrogen) atoms. The van der Waals surface area contributed by atoms with E-state index in [1.54, 1.807) is 4.90 Å². The molecule has 158 valence electrons. The van der Waals surface area contributed by atoms with Gasteiger partial charge < -0.3 is 15.0 Å². The number of pyridine rings is 1. The van der Waals surface area contributed by atoms with Crippen LogP contribution in [-0.2, 0) is 11.3 Å². The Morgan fingerprint density at radius 2 is 1.87 bits per heavy atom. The second-order valence-corrected chi connectivity index (χ2v) is 7.83. The molecule has 0 atom stereocenters. The third kappa shape index (κ3) is 5.36. The molecule has 0 radical (unpaired) electrons. The van der Waals surface area contributed by atoms with Crippen LogP contribution >= 0.6 is 0 Å². The van der Waals surface area contributed by atoms with Gasteiger partial charge in [-0.05, 0) is 49.2 Å². The van der Waals surface area contributed by atoms with Gasteiger partial charge in [-0.3, -0.25) is 19.5 Å². The molecule has 1 aromatic carbocycles. The van der Waals surface area contributed by atoms with Crippen LogP contribution in [0.5, 0.6) is 5.75 Å². The number of likely N-dealkylation sites (tertiary alicyclic amines) is 1. The molecule has 3 heterocycles. The number of carbonyl (C=O) groups excluding carboxylic acids is 2. The van der Waals surface area contributed by atoms with Crippen LogP contribution in [0.2, 0.25) is 0 Å². The van der Waals surface area contributed by atoms with Gasteiger partial charge in [-0.2, -0.15) is 0 Å². The third-order valence-corrected chi connectivity index (χ3v) is 5.65. The van der Waals surface area contributed by atoms with Gasteiger partial charge in [0.05, 0.1) is 5.69 Å². The maximum Gasteiger partial charge on any atom is 0.253 e. The van der Waals surface area contributed by atoms with E-state index in [1.165, 1.54) is 0 Å². The molecule has 0 aliphatic carbocycles. The van der Waals surface area contributed by atoms with E-state index in [4.69, 9.17) is 4.74 Å². The highest BCUT2D eigenvalue weighted by molar-refractivity contribution is 5.94. The van der Waals surface area contributed by atoms with Gasteiger partial charge in [-0.25, -0.2) is 0 Å². The van der Waals surface area contributed by atoms with E-state index in [2.05, 4.69) is 21.3 Å². The first-order valence-corrected chi connectivity index (χ1v) is 10.6. The average Bonchev–Trinajstić information content (AvgIpc) is 3.00. The maximum atomic E-state index is 12.7. The lowest BCUT2D eigenvalue weighted by Gasteiger charge is -2.32. The molecule has 2 aliphatic rings. The van der Waals surface area contributed by atoms with Crippen LogP contribution in [0, 0.1) is 0 Å². The number of amides is 2.